The first kappa shape index (κ1) is 21.8. The van der Waals surface area contributed by atoms with Gasteiger partial charge in [-0.1, -0.05) is 25.4 Å². The van der Waals surface area contributed by atoms with E-state index in [1.54, 1.807) is 12.1 Å². The lowest BCUT2D eigenvalue weighted by molar-refractivity contribution is -0.148. The molecule has 0 bridgehead atoms. The Morgan fingerprint density at radius 2 is 1.96 bits per heavy atom. The maximum absolute atomic E-state index is 11.6. The van der Waals surface area contributed by atoms with Gasteiger partial charge in [0.05, 0.1) is 6.61 Å². The quantitative estimate of drug-likeness (QED) is 0.504. The number of benzene rings is 1. The normalized spacial score (nSPS) is 10.3. The van der Waals surface area contributed by atoms with E-state index >= 15 is 0 Å². The monoisotopic (exact) mass is 384 g/mol. The number of esters is 1. The van der Waals surface area contributed by atoms with Gasteiger partial charge in [-0.25, -0.2) is 4.79 Å². The van der Waals surface area contributed by atoms with Gasteiger partial charge in [0, 0.05) is 18.0 Å². The number of imide groups is 1. The van der Waals surface area contributed by atoms with Crippen molar-refractivity contribution in [2.75, 3.05) is 19.8 Å². The number of amides is 3. The molecule has 0 radical (unpaired) electrons. The molecule has 0 spiro atoms. The van der Waals surface area contributed by atoms with Crippen molar-refractivity contribution in [2.45, 2.75) is 33.6 Å². The van der Waals surface area contributed by atoms with E-state index in [1.165, 1.54) is 0 Å². The van der Waals surface area contributed by atoms with E-state index < -0.39 is 24.5 Å². The highest BCUT2D eigenvalue weighted by atomic mass is 35.5. The smallest absolute Gasteiger partial charge is 0.321 e. The van der Waals surface area contributed by atoms with E-state index in [4.69, 9.17) is 21.1 Å². The minimum Gasteiger partial charge on any atom is -0.494 e. The molecule has 0 atom stereocenters. The molecule has 0 aromatic heterocycles. The maximum atomic E-state index is 11.6. The van der Waals surface area contributed by atoms with Crippen molar-refractivity contribution in [3.63, 3.8) is 0 Å². The van der Waals surface area contributed by atoms with Gasteiger partial charge in [0.25, 0.3) is 5.91 Å². The zero-order valence-electron chi connectivity index (χ0n) is 15.3. The van der Waals surface area contributed by atoms with Crippen LogP contribution in [-0.2, 0) is 14.3 Å². The van der Waals surface area contributed by atoms with Crippen LogP contribution in [0, 0.1) is 12.8 Å². The highest BCUT2D eigenvalue weighted by molar-refractivity contribution is 6.31. The van der Waals surface area contributed by atoms with E-state index in [2.05, 4.69) is 10.6 Å². The fourth-order valence-electron chi connectivity index (χ4n) is 1.84. The number of carbonyl (C=O) groups is 3. The molecule has 8 heteroatoms. The molecular weight excluding hydrogens is 360 g/mol. The van der Waals surface area contributed by atoms with Gasteiger partial charge in [-0.15, -0.1) is 0 Å². The first-order valence-corrected chi connectivity index (χ1v) is 8.78. The minimum absolute atomic E-state index is 0.111. The summed E-state index contributed by atoms with van der Waals surface area (Å²) in [4.78, 5) is 34.5. The number of aryl methyl sites for hydroxylation is 1. The average molecular weight is 385 g/mol. The molecule has 144 valence electrons. The summed E-state index contributed by atoms with van der Waals surface area (Å²) in [6, 6.07) is 4.71. The first-order valence-electron chi connectivity index (χ1n) is 8.40. The molecule has 0 saturated carbocycles. The number of hydrogen-bond acceptors (Lipinski definition) is 5. The molecule has 1 aromatic rings. The Hall–Kier alpha value is -2.28. The molecule has 0 aliphatic rings. The largest absolute Gasteiger partial charge is 0.494 e. The van der Waals surface area contributed by atoms with Crippen molar-refractivity contribution in [1.82, 2.24) is 10.6 Å². The summed E-state index contributed by atoms with van der Waals surface area (Å²) in [5, 5.41) is 5.28. The predicted octanol–water partition coefficient (Wildman–Crippen LogP) is 2.83. The van der Waals surface area contributed by atoms with Crippen LogP contribution < -0.4 is 15.4 Å². The van der Waals surface area contributed by atoms with Gasteiger partial charge in [-0.05, 0) is 43.0 Å². The van der Waals surface area contributed by atoms with Gasteiger partial charge >= 0.3 is 12.0 Å². The van der Waals surface area contributed by atoms with Crippen molar-refractivity contribution in [2.24, 2.45) is 5.92 Å². The SMILES string of the molecule is Cc1cc(OCCCC(=O)OCC(=O)NC(=O)NCC(C)C)ccc1Cl. The fourth-order valence-corrected chi connectivity index (χ4v) is 1.95. The summed E-state index contributed by atoms with van der Waals surface area (Å²) in [7, 11) is 0. The molecular formula is C18H25ClN2O5. The van der Waals surface area contributed by atoms with E-state index in [-0.39, 0.29) is 12.3 Å². The molecule has 1 rings (SSSR count). The van der Waals surface area contributed by atoms with Crippen LogP contribution in [0.15, 0.2) is 18.2 Å². The number of ether oxygens (including phenoxy) is 2. The van der Waals surface area contributed by atoms with E-state index in [0.717, 1.165) is 5.56 Å². The Kier molecular flexibility index (Phi) is 9.51. The first-order chi connectivity index (χ1) is 12.3. The number of carbonyl (C=O) groups excluding carboxylic acids is 3. The topological polar surface area (TPSA) is 93.7 Å². The molecule has 0 aliphatic heterocycles. The molecule has 0 heterocycles. The number of urea groups is 1. The lowest BCUT2D eigenvalue weighted by atomic mass is 10.2. The summed E-state index contributed by atoms with van der Waals surface area (Å²) in [6.07, 6.45) is 0.552. The highest BCUT2D eigenvalue weighted by Crippen LogP contribution is 2.21. The molecule has 1 aromatic carbocycles. The third-order valence-electron chi connectivity index (χ3n) is 3.21. The van der Waals surface area contributed by atoms with Gasteiger partial charge in [-0.3, -0.25) is 14.9 Å². The van der Waals surface area contributed by atoms with Crippen LogP contribution in [0.5, 0.6) is 5.75 Å². The lowest BCUT2D eigenvalue weighted by Gasteiger charge is -2.09. The highest BCUT2D eigenvalue weighted by Gasteiger charge is 2.11. The Morgan fingerprint density at radius 1 is 1.23 bits per heavy atom. The third-order valence-corrected chi connectivity index (χ3v) is 3.64. The van der Waals surface area contributed by atoms with Gasteiger partial charge in [-0.2, -0.15) is 0 Å². The Bertz CT molecular complexity index is 634. The van der Waals surface area contributed by atoms with Crippen molar-refractivity contribution in [1.29, 1.82) is 0 Å². The molecule has 0 aliphatic carbocycles. The van der Waals surface area contributed by atoms with Crippen LogP contribution in [-0.4, -0.2) is 37.7 Å². The van der Waals surface area contributed by atoms with Gasteiger partial charge in [0.1, 0.15) is 5.75 Å². The van der Waals surface area contributed by atoms with Crippen LogP contribution in [0.4, 0.5) is 4.79 Å². The zero-order valence-corrected chi connectivity index (χ0v) is 16.0. The van der Waals surface area contributed by atoms with Crippen LogP contribution in [0.3, 0.4) is 0 Å². The summed E-state index contributed by atoms with van der Waals surface area (Å²) >= 11 is 5.93. The second-order valence-electron chi connectivity index (χ2n) is 6.18. The van der Waals surface area contributed by atoms with Crippen molar-refractivity contribution in [3.05, 3.63) is 28.8 Å². The number of rotatable bonds is 9. The van der Waals surface area contributed by atoms with E-state index in [0.29, 0.717) is 30.3 Å². The molecule has 0 saturated heterocycles. The third kappa shape index (κ3) is 9.27. The zero-order chi connectivity index (χ0) is 19.5. The number of hydrogen-bond donors (Lipinski definition) is 2. The second-order valence-corrected chi connectivity index (χ2v) is 6.58. The average Bonchev–Trinajstić information content (AvgIpc) is 2.58. The Morgan fingerprint density at radius 3 is 2.62 bits per heavy atom. The second kappa shape index (κ2) is 11.4. The predicted molar refractivity (Wildman–Crippen MR) is 98.3 cm³/mol. The molecule has 26 heavy (non-hydrogen) atoms. The van der Waals surface area contributed by atoms with Crippen molar-refractivity contribution < 1.29 is 23.9 Å². The fraction of sp³-hybridized carbons (Fsp3) is 0.500. The Labute approximate surface area is 158 Å². The van der Waals surface area contributed by atoms with Crippen LogP contribution >= 0.6 is 11.6 Å². The van der Waals surface area contributed by atoms with Gasteiger partial charge < -0.3 is 14.8 Å². The summed E-state index contributed by atoms with van der Waals surface area (Å²) in [6.45, 7) is 6.03. The lowest BCUT2D eigenvalue weighted by Crippen LogP contribution is -2.42. The van der Waals surface area contributed by atoms with Crippen molar-refractivity contribution in [3.8, 4) is 5.75 Å². The number of nitrogens with one attached hydrogen (secondary N) is 2. The molecule has 0 unspecified atom stereocenters. The van der Waals surface area contributed by atoms with Crippen LogP contribution in [0.2, 0.25) is 5.02 Å². The van der Waals surface area contributed by atoms with E-state index in [9.17, 15) is 14.4 Å². The molecule has 2 N–H and O–H groups in total. The van der Waals surface area contributed by atoms with Gasteiger partial charge in [0.2, 0.25) is 0 Å². The molecule has 7 nitrogen and oxygen atoms in total. The van der Waals surface area contributed by atoms with Crippen LogP contribution in [0.1, 0.15) is 32.3 Å². The molecule has 0 fully saturated rings. The number of halogens is 1. The van der Waals surface area contributed by atoms with Gasteiger partial charge in [0.15, 0.2) is 6.61 Å². The summed E-state index contributed by atoms with van der Waals surface area (Å²) < 4.78 is 10.3. The standard InChI is InChI=1S/C18H25ClN2O5/c1-12(2)10-20-18(24)21-16(22)11-26-17(23)5-4-8-25-14-6-7-15(19)13(3)9-14/h6-7,9,12H,4-5,8,10-11H2,1-3H3,(H2,20,21,22,24). The van der Waals surface area contributed by atoms with E-state index in [1.807, 2.05) is 26.8 Å². The van der Waals surface area contributed by atoms with Crippen molar-refractivity contribution >= 4 is 29.5 Å². The summed E-state index contributed by atoms with van der Waals surface area (Å²) in [5.74, 6) is -0.258. The Balaban J connectivity index is 2.15. The molecule has 3 amide bonds. The maximum Gasteiger partial charge on any atom is 0.321 e. The van der Waals surface area contributed by atoms with Crippen LogP contribution in [0.25, 0.3) is 0 Å². The minimum atomic E-state index is -0.674. The summed E-state index contributed by atoms with van der Waals surface area (Å²) in [5.41, 5.74) is 0.909.